The maximum atomic E-state index is 12.4. The van der Waals surface area contributed by atoms with Crippen LogP contribution in [-0.4, -0.2) is 32.9 Å². The van der Waals surface area contributed by atoms with Gasteiger partial charge in [-0.05, 0) is 42.7 Å². The Bertz CT molecular complexity index is 1510. The number of nitrogens with zero attached hydrogens (tertiary/aromatic N) is 3. The molecule has 2 heterocycles. The molecule has 0 unspecified atom stereocenters. The number of carbonyl (C=O) groups is 1. The molecule has 0 atom stereocenters. The first-order chi connectivity index (χ1) is 16.7. The maximum Gasteiger partial charge on any atom is 0.251 e. The lowest BCUT2D eigenvalue weighted by molar-refractivity contribution is 0.0951. The van der Waals surface area contributed by atoms with Crippen LogP contribution in [0.2, 0.25) is 0 Å². The predicted octanol–water partition coefficient (Wildman–Crippen LogP) is 5.54. The van der Waals surface area contributed by atoms with Crippen molar-refractivity contribution in [1.29, 1.82) is 0 Å². The third-order valence-corrected chi connectivity index (χ3v) is 6.26. The van der Waals surface area contributed by atoms with Crippen LogP contribution in [0.15, 0.2) is 79.1 Å². The number of fused-ring (bicyclic) bond motifs is 2. The van der Waals surface area contributed by atoms with Gasteiger partial charge >= 0.3 is 0 Å². The Morgan fingerprint density at radius 2 is 1.82 bits per heavy atom. The predicted molar refractivity (Wildman–Crippen MR) is 136 cm³/mol. The smallest absolute Gasteiger partial charge is 0.251 e. The van der Waals surface area contributed by atoms with Crippen LogP contribution >= 0.6 is 0 Å². The van der Waals surface area contributed by atoms with Crippen LogP contribution in [0, 0.1) is 0 Å². The molecule has 34 heavy (non-hydrogen) atoms. The molecule has 6 rings (SSSR count). The molecular formula is C28H25N5O. The van der Waals surface area contributed by atoms with Crippen LogP contribution < -0.4 is 10.6 Å². The zero-order chi connectivity index (χ0) is 23.1. The highest BCUT2D eigenvalue weighted by Gasteiger charge is 2.23. The Labute approximate surface area is 197 Å². The summed E-state index contributed by atoms with van der Waals surface area (Å²) in [6.07, 6.45) is 6.07. The van der Waals surface area contributed by atoms with Gasteiger partial charge in [0.25, 0.3) is 5.91 Å². The lowest BCUT2D eigenvalue weighted by Gasteiger charge is -2.12. The van der Waals surface area contributed by atoms with Crippen LogP contribution in [0.5, 0.6) is 0 Å². The average Bonchev–Trinajstić information content (AvgIpc) is 3.59. The second kappa shape index (κ2) is 8.30. The molecule has 1 aliphatic carbocycles. The van der Waals surface area contributed by atoms with Gasteiger partial charge in [-0.1, -0.05) is 54.6 Å². The van der Waals surface area contributed by atoms with Gasteiger partial charge in [-0.3, -0.25) is 9.20 Å². The van der Waals surface area contributed by atoms with Crippen molar-refractivity contribution < 1.29 is 4.79 Å². The summed E-state index contributed by atoms with van der Waals surface area (Å²) in [6.45, 7) is 2.80. The van der Waals surface area contributed by atoms with Crippen molar-refractivity contribution in [2.45, 2.75) is 25.8 Å². The van der Waals surface area contributed by atoms with Crippen LogP contribution in [-0.2, 0) is 0 Å². The summed E-state index contributed by atoms with van der Waals surface area (Å²) < 4.78 is 2.08. The van der Waals surface area contributed by atoms with Crippen molar-refractivity contribution in [2.75, 3.05) is 11.9 Å². The number of amides is 1. The number of imidazole rings is 1. The van der Waals surface area contributed by atoms with E-state index in [1.165, 1.54) is 5.39 Å². The molecule has 2 N–H and O–H groups in total. The third kappa shape index (κ3) is 3.67. The van der Waals surface area contributed by atoms with E-state index in [2.05, 4.69) is 69.4 Å². The summed E-state index contributed by atoms with van der Waals surface area (Å²) in [6, 6.07) is 22.7. The fourth-order valence-electron chi connectivity index (χ4n) is 4.36. The SMILES string of the molecule is CCNc1nc(-c2cccc3ccccc23)cn2c(-c3ccc(C(=O)NC4CC4)cc3)cnc12. The topological polar surface area (TPSA) is 71.3 Å². The highest BCUT2D eigenvalue weighted by atomic mass is 16.1. The molecule has 0 radical (unpaired) electrons. The van der Waals surface area contributed by atoms with Crippen molar-refractivity contribution in [2.24, 2.45) is 0 Å². The summed E-state index contributed by atoms with van der Waals surface area (Å²) >= 11 is 0. The lowest BCUT2D eigenvalue weighted by atomic mass is 10.0. The number of benzene rings is 3. The molecule has 1 aliphatic rings. The van der Waals surface area contributed by atoms with Gasteiger partial charge in [-0.25, -0.2) is 9.97 Å². The highest BCUT2D eigenvalue weighted by molar-refractivity contribution is 5.96. The fourth-order valence-corrected chi connectivity index (χ4v) is 4.36. The van der Waals surface area contributed by atoms with Gasteiger partial charge in [0.1, 0.15) is 0 Å². The first-order valence-corrected chi connectivity index (χ1v) is 11.7. The zero-order valence-corrected chi connectivity index (χ0v) is 19.0. The summed E-state index contributed by atoms with van der Waals surface area (Å²) in [4.78, 5) is 22.0. The van der Waals surface area contributed by atoms with Gasteiger partial charge in [-0.15, -0.1) is 0 Å². The summed E-state index contributed by atoms with van der Waals surface area (Å²) in [5.41, 5.74) is 5.35. The molecule has 1 fully saturated rings. The number of rotatable bonds is 6. The number of aromatic nitrogens is 3. The molecule has 6 heteroatoms. The second-order valence-corrected chi connectivity index (χ2v) is 8.69. The maximum absolute atomic E-state index is 12.4. The van der Waals surface area contributed by atoms with E-state index in [4.69, 9.17) is 4.98 Å². The van der Waals surface area contributed by atoms with E-state index < -0.39 is 0 Å². The molecule has 1 amide bonds. The molecule has 3 aromatic carbocycles. The Morgan fingerprint density at radius 3 is 2.62 bits per heavy atom. The van der Waals surface area contributed by atoms with Crippen molar-refractivity contribution >= 4 is 28.1 Å². The molecule has 5 aromatic rings. The van der Waals surface area contributed by atoms with E-state index in [-0.39, 0.29) is 5.91 Å². The molecule has 0 bridgehead atoms. The Hall–Kier alpha value is -4.19. The van der Waals surface area contributed by atoms with Crippen LogP contribution in [0.4, 0.5) is 5.82 Å². The van der Waals surface area contributed by atoms with Crippen LogP contribution in [0.25, 0.3) is 38.9 Å². The van der Waals surface area contributed by atoms with Crippen LogP contribution in [0.3, 0.4) is 0 Å². The Balaban J connectivity index is 1.46. The van der Waals surface area contributed by atoms with Gasteiger partial charge in [0.05, 0.1) is 17.6 Å². The van der Waals surface area contributed by atoms with Gasteiger partial charge in [-0.2, -0.15) is 0 Å². The van der Waals surface area contributed by atoms with Gasteiger partial charge in [0.2, 0.25) is 0 Å². The largest absolute Gasteiger partial charge is 0.367 e. The fraction of sp³-hybridized carbons (Fsp3) is 0.179. The average molecular weight is 448 g/mol. The molecule has 0 saturated heterocycles. The number of anilines is 1. The van der Waals surface area contributed by atoms with Crippen molar-refractivity contribution in [3.05, 3.63) is 84.7 Å². The minimum atomic E-state index is -0.0101. The van der Waals surface area contributed by atoms with Crippen molar-refractivity contribution in [1.82, 2.24) is 19.7 Å². The normalized spacial score (nSPS) is 13.3. The number of nitrogens with one attached hydrogen (secondary N) is 2. The number of carbonyl (C=O) groups excluding carboxylic acids is 1. The molecule has 1 saturated carbocycles. The Kier molecular flexibility index (Phi) is 4.99. The van der Waals surface area contributed by atoms with Crippen molar-refractivity contribution in [3.63, 3.8) is 0 Å². The van der Waals surface area contributed by atoms with E-state index in [1.54, 1.807) is 0 Å². The van der Waals surface area contributed by atoms with E-state index in [0.29, 0.717) is 11.6 Å². The number of hydrogen-bond acceptors (Lipinski definition) is 4. The van der Waals surface area contributed by atoms with E-state index in [0.717, 1.165) is 58.8 Å². The Morgan fingerprint density at radius 1 is 1.03 bits per heavy atom. The lowest BCUT2D eigenvalue weighted by Crippen LogP contribution is -2.25. The van der Waals surface area contributed by atoms with E-state index in [1.807, 2.05) is 36.7 Å². The molecule has 2 aromatic heterocycles. The zero-order valence-electron chi connectivity index (χ0n) is 19.0. The summed E-state index contributed by atoms with van der Waals surface area (Å²) in [5, 5.41) is 8.75. The molecule has 6 nitrogen and oxygen atoms in total. The standard InChI is InChI=1S/C28H25N5O/c1-2-29-26-27-30-16-25(19-10-12-20(13-11-19)28(34)31-21-14-15-21)33(27)17-24(32-26)23-9-5-7-18-6-3-4-8-22(18)23/h3-13,16-17,21H,2,14-15H2,1H3,(H,29,32)(H,31,34). The molecule has 168 valence electrons. The van der Waals surface area contributed by atoms with Gasteiger partial charge < -0.3 is 10.6 Å². The highest BCUT2D eigenvalue weighted by Crippen LogP contribution is 2.31. The summed E-state index contributed by atoms with van der Waals surface area (Å²) in [7, 11) is 0. The number of hydrogen-bond donors (Lipinski definition) is 2. The third-order valence-electron chi connectivity index (χ3n) is 6.26. The minimum Gasteiger partial charge on any atom is -0.367 e. The van der Waals surface area contributed by atoms with E-state index in [9.17, 15) is 4.79 Å². The molecular weight excluding hydrogens is 422 g/mol. The van der Waals surface area contributed by atoms with Gasteiger partial charge in [0, 0.05) is 35.5 Å². The van der Waals surface area contributed by atoms with Crippen LogP contribution in [0.1, 0.15) is 30.1 Å². The molecule has 0 aliphatic heterocycles. The first kappa shape index (κ1) is 20.4. The monoisotopic (exact) mass is 447 g/mol. The van der Waals surface area contributed by atoms with Crippen molar-refractivity contribution in [3.8, 4) is 22.5 Å². The first-order valence-electron chi connectivity index (χ1n) is 11.7. The van der Waals surface area contributed by atoms with E-state index >= 15 is 0 Å². The second-order valence-electron chi connectivity index (χ2n) is 8.69. The molecule has 0 spiro atoms. The quantitative estimate of drug-likeness (QED) is 0.358. The summed E-state index contributed by atoms with van der Waals surface area (Å²) in [5.74, 6) is 0.740. The minimum absolute atomic E-state index is 0.0101. The van der Waals surface area contributed by atoms with Gasteiger partial charge in [0.15, 0.2) is 11.5 Å².